The molecule has 0 saturated carbocycles. The first-order chi connectivity index (χ1) is 12.1. The smallest absolute Gasteiger partial charge is 0.341 e. The van der Waals surface area contributed by atoms with Crippen molar-refractivity contribution in [2.24, 2.45) is 4.99 Å². The van der Waals surface area contributed by atoms with E-state index in [4.69, 9.17) is 4.74 Å². The summed E-state index contributed by atoms with van der Waals surface area (Å²) in [4.78, 5) is 42.3. The van der Waals surface area contributed by atoms with Crippen LogP contribution < -0.4 is 4.90 Å². The zero-order valence-electron chi connectivity index (χ0n) is 15.9. The van der Waals surface area contributed by atoms with Crippen molar-refractivity contribution in [3.63, 3.8) is 0 Å². The summed E-state index contributed by atoms with van der Waals surface area (Å²) in [6.07, 6.45) is 0.968. The lowest BCUT2D eigenvalue weighted by atomic mass is 10.1. The molecule has 0 bridgehead atoms. The van der Waals surface area contributed by atoms with Gasteiger partial charge in [-0.25, -0.2) is 9.59 Å². The molecular formula is C19H24N2O5. The molecule has 0 saturated heterocycles. The zero-order chi connectivity index (χ0) is 19.9. The molecule has 0 radical (unpaired) electrons. The van der Waals surface area contributed by atoms with Crippen LogP contribution in [-0.2, 0) is 23.9 Å². The van der Waals surface area contributed by atoms with Crippen LogP contribution in [0.5, 0.6) is 0 Å². The summed E-state index contributed by atoms with van der Waals surface area (Å²) in [6.45, 7) is 6.77. The van der Waals surface area contributed by atoms with Crippen molar-refractivity contribution in [1.29, 1.82) is 0 Å². The van der Waals surface area contributed by atoms with E-state index in [1.165, 1.54) is 26.0 Å². The van der Waals surface area contributed by atoms with E-state index in [2.05, 4.69) is 9.73 Å². The minimum Gasteiger partial charge on any atom is -0.466 e. The Morgan fingerprint density at radius 3 is 2.04 bits per heavy atom. The first-order valence-corrected chi connectivity index (χ1v) is 7.94. The predicted molar refractivity (Wildman–Crippen MR) is 98.9 cm³/mol. The van der Waals surface area contributed by atoms with Gasteiger partial charge in [0.2, 0.25) is 5.91 Å². The maximum Gasteiger partial charge on any atom is 0.341 e. The third-order valence-corrected chi connectivity index (χ3v) is 3.09. The topological polar surface area (TPSA) is 85.3 Å². The molecule has 140 valence electrons. The van der Waals surface area contributed by atoms with Crippen LogP contribution in [0.1, 0.15) is 27.7 Å². The molecule has 1 aromatic carbocycles. The van der Waals surface area contributed by atoms with Crippen LogP contribution in [0.25, 0.3) is 0 Å². The van der Waals surface area contributed by atoms with Gasteiger partial charge in [0.15, 0.2) is 5.84 Å². The summed E-state index contributed by atoms with van der Waals surface area (Å²) in [5.41, 5.74) is -0.308. The summed E-state index contributed by atoms with van der Waals surface area (Å²) in [5.74, 6) is -1.93. The van der Waals surface area contributed by atoms with E-state index in [1.807, 2.05) is 20.8 Å². The molecule has 0 unspecified atom stereocenters. The summed E-state index contributed by atoms with van der Waals surface area (Å²) < 4.78 is 9.41. The average molecular weight is 360 g/mol. The largest absolute Gasteiger partial charge is 0.466 e. The van der Waals surface area contributed by atoms with Gasteiger partial charge in [-0.3, -0.25) is 14.7 Å². The Labute approximate surface area is 153 Å². The Bertz CT molecular complexity index is 730. The van der Waals surface area contributed by atoms with E-state index in [-0.39, 0.29) is 17.3 Å². The van der Waals surface area contributed by atoms with Gasteiger partial charge in [0, 0.05) is 13.0 Å². The number of rotatable bonds is 4. The third kappa shape index (κ3) is 5.84. The summed E-state index contributed by atoms with van der Waals surface area (Å²) >= 11 is 0. The molecule has 1 aromatic rings. The van der Waals surface area contributed by atoms with Gasteiger partial charge in [0.25, 0.3) is 0 Å². The van der Waals surface area contributed by atoms with E-state index in [0.717, 1.165) is 6.08 Å². The van der Waals surface area contributed by atoms with E-state index < -0.39 is 17.5 Å². The Morgan fingerprint density at radius 1 is 1.04 bits per heavy atom. The van der Waals surface area contributed by atoms with E-state index >= 15 is 0 Å². The molecule has 26 heavy (non-hydrogen) atoms. The van der Waals surface area contributed by atoms with Crippen molar-refractivity contribution in [3.05, 3.63) is 42.0 Å². The molecule has 1 amide bonds. The van der Waals surface area contributed by atoms with Crippen LogP contribution in [0, 0.1) is 0 Å². The summed E-state index contributed by atoms with van der Waals surface area (Å²) in [6, 6.07) is 8.71. The SMILES string of the molecule is COC(=O)/C=C(/C(=O)OC)C(=NC(C)(C)C)N(C(C)=O)c1ccccc1. The molecule has 0 heterocycles. The highest BCUT2D eigenvalue weighted by atomic mass is 16.5. The van der Waals surface area contributed by atoms with Crippen molar-refractivity contribution in [2.45, 2.75) is 33.2 Å². The molecule has 0 N–H and O–H groups in total. The number of methoxy groups -OCH3 is 2. The number of aliphatic imine (C=N–C) groups is 1. The van der Waals surface area contributed by atoms with Gasteiger partial charge in [0.05, 0.1) is 25.4 Å². The fourth-order valence-electron chi connectivity index (χ4n) is 2.08. The molecule has 0 aliphatic rings. The van der Waals surface area contributed by atoms with Crippen LogP contribution in [0.15, 0.2) is 47.0 Å². The Hall–Kier alpha value is -2.96. The zero-order valence-corrected chi connectivity index (χ0v) is 15.9. The monoisotopic (exact) mass is 360 g/mol. The van der Waals surface area contributed by atoms with Gasteiger partial charge in [-0.05, 0) is 32.9 Å². The van der Waals surface area contributed by atoms with Crippen LogP contribution in [0.2, 0.25) is 0 Å². The highest BCUT2D eigenvalue weighted by molar-refractivity contribution is 6.32. The number of benzene rings is 1. The summed E-state index contributed by atoms with van der Waals surface area (Å²) in [7, 11) is 2.37. The first kappa shape index (κ1) is 21.1. The normalized spacial score (nSPS) is 12.4. The minimum atomic E-state index is -0.805. The van der Waals surface area contributed by atoms with Gasteiger partial charge in [-0.15, -0.1) is 0 Å². The van der Waals surface area contributed by atoms with Crippen LogP contribution in [-0.4, -0.2) is 43.4 Å². The highest BCUT2D eigenvalue weighted by Crippen LogP contribution is 2.21. The fraction of sp³-hybridized carbons (Fsp3) is 0.368. The molecule has 0 atom stereocenters. The van der Waals surface area contributed by atoms with Crippen molar-refractivity contribution >= 4 is 29.4 Å². The maximum absolute atomic E-state index is 12.4. The lowest BCUT2D eigenvalue weighted by Crippen LogP contribution is -2.40. The highest BCUT2D eigenvalue weighted by Gasteiger charge is 2.29. The summed E-state index contributed by atoms with van der Waals surface area (Å²) in [5, 5.41) is 0. The molecule has 7 heteroatoms. The van der Waals surface area contributed by atoms with Crippen molar-refractivity contribution in [3.8, 4) is 0 Å². The number of esters is 2. The molecule has 7 nitrogen and oxygen atoms in total. The lowest BCUT2D eigenvalue weighted by Gasteiger charge is -2.27. The van der Waals surface area contributed by atoms with Crippen LogP contribution >= 0.6 is 0 Å². The fourth-order valence-corrected chi connectivity index (χ4v) is 2.08. The number of carbonyl (C=O) groups excluding carboxylic acids is 3. The Balaban J connectivity index is 3.72. The van der Waals surface area contributed by atoms with E-state index in [9.17, 15) is 14.4 Å². The third-order valence-electron chi connectivity index (χ3n) is 3.09. The van der Waals surface area contributed by atoms with Gasteiger partial charge >= 0.3 is 11.9 Å². The molecule has 0 aromatic heterocycles. The second-order valence-corrected chi connectivity index (χ2v) is 6.37. The second-order valence-electron chi connectivity index (χ2n) is 6.37. The van der Waals surface area contributed by atoms with E-state index in [1.54, 1.807) is 30.3 Å². The number of amides is 1. The van der Waals surface area contributed by atoms with Gasteiger partial charge in [-0.1, -0.05) is 18.2 Å². The molecule has 0 aliphatic carbocycles. The molecule has 0 fully saturated rings. The van der Waals surface area contributed by atoms with Crippen molar-refractivity contribution in [1.82, 2.24) is 0 Å². The maximum atomic E-state index is 12.4. The number of hydrogen-bond acceptors (Lipinski definition) is 6. The number of anilines is 1. The van der Waals surface area contributed by atoms with Crippen LogP contribution in [0.3, 0.4) is 0 Å². The average Bonchev–Trinajstić information content (AvgIpc) is 2.57. The number of nitrogens with zero attached hydrogens (tertiary/aromatic N) is 2. The Morgan fingerprint density at radius 2 is 1.62 bits per heavy atom. The van der Waals surface area contributed by atoms with Gasteiger partial charge in [-0.2, -0.15) is 0 Å². The number of para-hydroxylation sites is 1. The molecule has 1 rings (SSSR count). The first-order valence-electron chi connectivity index (χ1n) is 7.94. The second kappa shape index (κ2) is 8.94. The number of amidine groups is 1. The molecular weight excluding hydrogens is 336 g/mol. The quantitative estimate of drug-likeness (QED) is 0.356. The predicted octanol–water partition coefficient (Wildman–Crippen LogP) is 2.51. The minimum absolute atomic E-state index is 0.00782. The van der Waals surface area contributed by atoms with Gasteiger partial charge < -0.3 is 9.47 Å². The number of hydrogen-bond donors (Lipinski definition) is 0. The van der Waals surface area contributed by atoms with E-state index in [0.29, 0.717) is 5.69 Å². The molecule has 0 spiro atoms. The Kier molecular flexibility index (Phi) is 7.25. The van der Waals surface area contributed by atoms with Crippen molar-refractivity contribution < 1.29 is 23.9 Å². The lowest BCUT2D eigenvalue weighted by molar-refractivity contribution is -0.138. The molecule has 0 aliphatic heterocycles. The van der Waals surface area contributed by atoms with Gasteiger partial charge in [0.1, 0.15) is 5.57 Å². The number of ether oxygens (including phenoxy) is 2. The van der Waals surface area contributed by atoms with Crippen molar-refractivity contribution in [2.75, 3.05) is 19.1 Å². The standard InChI is InChI=1S/C19H24N2O5/c1-13(22)21(14-10-8-7-9-11-14)17(20-19(2,3)4)15(18(24)26-6)12-16(23)25-5/h7-12H,1-6H3/b15-12+,20-17?. The van der Waals surface area contributed by atoms with Crippen LogP contribution in [0.4, 0.5) is 5.69 Å². The number of carbonyl (C=O) groups is 3.